The van der Waals surface area contributed by atoms with Gasteiger partial charge in [-0.3, -0.25) is 9.59 Å². The van der Waals surface area contributed by atoms with Gasteiger partial charge in [-0.2, -0.15) is 0 Å². The first-order chi connectivity index (χ1) is 12.8. The minimum Gasteiger partial charge on any atom is -0.458 e. The van der Waals surface area contributed by atoms with Crippen LogP contribution in [0.5, 0.6) is 0 Å². The van der Waals surface area contributed by atoms with Crippen LogP contribution in [0, 0.1) is 5.92 Å². The molecule has 0 amide bonds. The zero-order valence-corrected chi connectivity index (χ0v) is 15.8. The smallest absolute Gasteiger partial charge is 0.306 e. The third kappa shape index (κ3) is 6.66. The average molecular weight is 394 g/mol. The van der Waals surface area contributed by atoms with Crippen molar-refractivity contribution in [1.29, 1.82) is 0 Å². The van der Waals surface area contributed by atoms with Crippen molar-refractivity contribution in [2.75, 3.05) is 19.8 Å². The standard InChI is InChI=1S/C17H30O10/c1-4-13(22)26-15-9(3)12(7-19)25-17(16(15)27-14(23)5-2)24-8-11(21)10(20)6-18/h9-12,15-21H,4-8H2,1-3H3/t9-,10+,11-,12?,15+,16?,17-/m1/s1. The second-order valence-corrected chi connectivity index (χ2v) is 6.35. The van der Waals surface area contributed by atoms with E-state index in [1.54, 1.807) is 20.8 Å². The van der Waals surface area contributed by atoms with Crippen molar-refractivity contribution in [3.63, 3.8) is 0 Å². The van der Waals surface area contributed by atoms with Crippen molar-refractivity contribution in [2.45, 2.75) is 70.4 Å². The third-order valence-corrected chi connectivity index (χ3v) is 4.36. The minimum absolute atomic E-state index is 0.0708. The summed E-state index contributed by atoms with van der Waals surface area (Å²) in [5.74, 6) is -1.58. The monoisotopic (exact) mass is 394 g/mol. The highest BCUT2D eigenvalue weighted by molar-refractivity contribution is 5.70. The lowest BCUT2D eigenvalue weighted by molar-refractivity contribution is -0.299. The Labute approximate surface area is 158 Å². The molecule has 0 aromatic carbocycles. The number of rotatable bonds is 10. The Hall–Kier alpha value is -1.30. The Morgan fingerprint density at radius 3 is 2.04 bits per heavy atom. The zero-order valence-electron chi connectivity index (χ0n) is 15.8. The van der Waals surface area contributed by atoms with Gasteiger partial charge in [-0.05, 0) is 0 Å². The van der Waals surface area contributed by atoms with E-state index in [2.05, 4.69) is 0 Å². The maximum atomic E-state index is 11.8. The number of carbonyl (C=O) groups is 2. The fourth-order valence-corrected chi connectivity index (χ4v) is 2.58. The quantitative estimate of drug-likeness (QED) is 0.329. The molecule has 0 spiro atoms. The molecule has 0 aromatic heterocycles. The van der Waals surface area contributed by atoms with Crippen LogP contribution in [-0.2, 0) is 28.5 Å². The molecule has 1 aliphatic heterocycles. The Kier molecular flexibility index (Phi) is 10.1. The number of ether oxygens (including phenoxy) is 4. The second kappa shape index (κ2) is 11.5. The lowest BCUT2D eigenvalue weighted by atomic mass is 9.90. The molecule has 1 fully saturated rings. The van der Waals surface area contributed by atoms with Crippen molar-refractivity contribution in [3.05, 3.63) is 0 Å². The van der Waals surface area contributed by atoms with Gasteiger partial charge in [-0.15, -0.1) is 0 Å². The molecule has 0 radical (unpaired) electrons. The summed E-state index contributed by atoms with van der Waals surface area (Å²) in [5, 5.41) is 37.6. The summed E-state index contributed by atoms with van der Waals surface area (Å²) in [6.07, 6.45) is -6.72. The number of aliphatic hydroxyl groups is 4. The van der Waals surface area contributed by atoms with Crippen LogP contribution < -0.4 is 0 Å². The number of esters is 2. The van der Waals surface area contributed by atoms with Crippen molar-refractivity contribution in [1.82, 2.24) is 0 Å². The molecule has 1 rings (SSSR count). The Bertz CT molecular complexity index is 471. The van der Waals surface area contributed by atoms with Gasteiger partial charge in [0, 0.05) is 18.8 Å². The number of hydrogen-bond acceptors (Lipinski definition) is 10. The first-order valence-electron chi connectivity index (χ1n) is 9.02. The predicted molar refractivity (Wildman–Crippen MR) is 90.3 cm³/mol. The molecule has 2 unspecified atom stereocenters. The highest BCUT2D eigenvalue weighted by atomic mass is 16.7. The molecule has 0 aromatic rings. The van der Waals surface area contributed by atoms with Gasteiger partial charge < -0.3 is 39.4 Å². The molecule has 10 nitrogen and oxygen atoms in total. The molecule has 1 saturated heterocycles. The summed E-state index contributed by atoms with van der Waals surface area (Å²) in [4.78, 5) is 23.6. The summed E-state index contributed by atoms with van der Waals surface area (Å²) in [6, 6.07) is 0. The van der Waals surface area contributed by atoms with Crippen LogP contribution in [0.2, 0.25) is 0 Å². The van der Waals surface area contributed by atoms with Gasteiger partial charge in [-0.1, -0.05) is 20.8 Å². The second-order valence-electron chi connectivity index (χ2n) is 6.35. The Balaban J connectivity index is 3.02. The predicted octanol–water partition coefficient (Wildman–Crippen LogP) is -1.29. The Morgan fingerprint density at radius 1 is 1.00 bits per heavy atom. The highest BCUT2D eigenvalue weighted by Crippen LogP contribution is 2.31. The number of hydrogen-bond donors (Lipinski definition) is 4. The van der Waals surface area contributed by atoms with Crippen LogP contribution in [0.25, 0.3) is 0 Å². The van der Waals surface area contributed by atoms with Gasteiger partial charge in [0.15, 0.2) is 12.4 Å². The molecule has 10 heteroatoms. The molecular formula is C17H30O10. The van der Waals surface area contributed by atoms with Gasteiger partial charge in [-0.25, -0.2) is 0 Å². The first kappa shape index (κ1) is 23.7. The zero-order chi connectivity index (χ0) is 20.6. The summed E-state index contributed by atoms with van der Waals surface area (Å²) in [7, 11) is 0. The molecular weight excluding hydrogens is 364 g/mol. The van der Waals surface area contributed by atoms with E-state index in [1.807, 2.05) is 0 Å². The minimum atomic E-state index is -1.42. The first-order valence-corrected chi connectivity index (χ1v) is 9.02. The molecule has 7 atom stereocenters. The Morgan fingerprint density at radius 2 is 1.56 bits per heavy atom. The maximum absolute atomic E-state index is 11.8. The fourth-order valence-electron chi connectivity index (χ4n) is 2.58. The van der Waals surface area contributed by atoms with Crippen molar-refractivity contribution in [3.8, 4) is 0 Å². The van der Waals surface area contributed by atoms with Gasteiger partial charge in [0.25, 0.3) is 0 Å². The van der Waals surface area contributed by atoms with Crippen LogP contribution in [0.4, 0.5) is 0 Å². The van der Waals surface area contributed by atoms with E-state index in [1.165, 1.54) is 0 Å². The maximum Gasteiger partial charge on any atom is 0.306 e. The number of carbonyl (C=O) groups excluding carboxylic acids is 2. The average Bonchev–Trinajstić information content (AvgIpc) is 2.68. The summed E-state index contributed by atoms with van der Waals surface area (Å²) in [6.45, 7) is 3.39. The largest absolute Gasteiger partial charge is 0.458 e. The van der Waals surface area contributed by atoms with E-state index >= 15 is 0 Å². The molecule has 1 heterocycles. The SMILES string of the molecule is CCC(=O)OC1[C@H](OC[C@@H](O)[C@@H](O)CO)OC(CO)[C@@H](C)[C@@H]1OC(=O)CC. The van der Waals surface area contributed by atoms with Gasteiger partial charge in [0.1, 0.15) is 18.3 Å². The lowest BCUT2D eigenvalue weighted by Gasteiger charge is -2.44. The molecule has 0 bridgehead atoms. The third-order valence-electron chi connectivity index (χ3n) is 4.36. The number of aliphatic hydroxyl groups excluding tert-OH is 4. The molecule has 1 aliphatic rings. The van der Waals surface area contributed by atoms with Crippen LogP contribution in [0.3, 0.4) is 0 Å². The normalized spacial score (nSPS) is 30.4. The van der Waals surface area contributed by atoms with Crippen LogP contribution in [-0.4, -0.2) is 89.0 Å². The summed E-state index contributed by atoms with van der Waals surface area (Å²) >= 11 is 0. The highest BCUT2D eigenvalue weighted by Gasteiger charge is 2.48. The molecule has 4 N–H and O–H groups in total. The molecule has 0 saturated carbocycles. The molecule has 27 heavy (non-hydrogen) atoms. The van der Waals surface area contributed by atoms with Gasteiger partial charge >= 0.3 is 11.9 Å². The van der Waals surface area contributed by atoms with E-state index < -0.39 is 74.5 Å². The van der Waals surface area contributed by atoms with E-state index in [0.717, 1.165) is 0 Å². The van der Waals surface area contributed by atoms with E-state index in [4.69, 9.17) is 24.1 Å². The van der Waals surface area contributed by atoms with Gasteiger partial charge in [0.05, 0.1) is 25.9 Å². The van der Waals surface area contributed by atoms with Crippen LogP contribution in [0.1, 0.15) is 33.6 Å². The van der Waals surface area contributed by atoms with Crippen LogP contribution in [0.15, 0.2) is 0 Å². The van der Waals surface area contributed by atoms with E-state index in [9.17, 15) is 24.9 Å². The topological polar surface area (TPSA) is 152 Å². The molecule has 158 valence electrons. The summed E-state index contributed by atoms with van der Waals surface area (Å²) in [5.41, 5.74) is 0. The van der Waals surface area contributed by atoms with Crippen molar-refractivity contribution < 1.29 is 49.0 Å². The molecule has 0 aliphatic carbocycles. The lowest BCUT2D eigenvalue weighted by Crippen LogP contribution is -2.58. The van der Waals surface area contributed by atoms with Gasteiger partial charge in [0.2, 0.25) is 0 Å². The van der Waals surface area contributed by atoms with Crippen LogP contribution >= 0.6 is 0 Å². The van der Waals surface area contributed by atoms with Crippen molar-refractivity contribution in [2.24, 2.45) is 5.92 Å². The van der Waals surface area contributed by atoms with E-state index in [0.29, 0.717) is 0 Å². The van der Waals surface area contributed by atoms with Crippen molar-refractivity contribution >= 4 is 11.9 Å². The summed E-state index contributed by atoms with van der Waals surface area (Å²) < 4.78 is 21.8. The van der Waals surface area contributed by atoms with E-state index in [-0.39, 0.29) is 12.8 Å². The fraction of sp³-hybridized carbons (Fsp3) is 0.882.